The summed E-state index contributed by atoms with van der Waals surface area (Å²) in [5.41, 5.74) is -1.50. The van der Waals surface area contributed by atoms with Crippen molar-refractivity contribution in [2.24, 2.45) is 5.92 Å². The first-order valence-electron chi connectivity index (χ1n) is 8.68. The fraction of sp³-hybridized carbons (Fsp3) is 0.444. The van der Waals surface area contributed by atoms with Gasteiger partial charge in [0.15, 0.2) is 21.3 Å². The van der Waals surface area contributed by atoms with Gasteiger partial charge in [-0.2, -0.15) is 23.5 Å². The zero-order valence-corrected chi connectivity index (χ0v) is 16.2. The molecule has 1 saturated heterocycles. The number of sulfone groups is 1. The summed E-state index contributed by atoms with van der Waals surface area (Å²) in [6, 6.07) is 7.08. The molecular formula is C18H19F3N4O2S. The molecule has 3 rings (SSSR count). The van der Waals surface area contributed by atoms with E-state index in [0.29, 0.717) is 13.1 Å². The van der Waals surface area contributed by atoms with Crippen molar-refractivity contribution >= 4 is 15.7 Å². The van der Waals surface area contributed by atoms with E-state index in [4.69, 9.17) is 0 Å². The molecule has 1 aromatic carbocycles. The second kappa shape index (κ2) is 7.13. The Hall–Kier alpha value is -2.54. The molecule has 1 fully saturated rings. The minimum Gasteiger partial charge on any atom is -0.355 e. The summed E-state index contributed by atoms with van der Waals surface area (Å²) in [6.07, 6.45) is -1.97. The topological polar surface area (TPSA) is 79.0 Å². The lowest BCUT2D eigenvalue weighted by Crippen LogP contribution is -2.36. The molecule has 28 heavy (non-hydrogen) atoms. The third-order valence-electron chi connectivity index (χ3n) is 4.71. The lowest BCUT2D eigenvalue weighted by molar-refractivity contribution is -0.141. The molecule has 1 aliphatic rings. The van der Waals surface area contributed by atoms with Gasteiger partial charge in [-0.1, -0.05) is 6.92 Å². The maximum absolute atomic E-state index is 13.5. The van der Waals surface area contributed by atoms with Crippen molar-refractivity contribution in [1.29, 1.82) is 5.26 Å². The van der Waals surface area contributed by atoms with E-state index in [1.807, 2.05) is 6.92 Å². The maximum Gasteiger partial charge on any atom is 0.436 e. The lowest BCUT2D eigenvalue weighted by atomic mass is 10.00. The summed E-state index contributed by atoms with van der Waals surface area (Å²) >= 11 is 0. The molecule has 1 aliphatic heterocycles. The van der Waals surface area contributed by atoms with Gasteiger partial charge in [0.05, 0.1) is 10.6 Å². The van der Waals surface area contributed by atoms with Crippen LogP contribution in [-0.4, -0.2) is 37.5 Å². The van der Waals surface area contributed by atoms with Gasteiger partial charge in [0.2, 0.25) is 0 Å². The van der Waals surface area contributed by atoms with Gasteiger partial charge in [0.1, 0.15) is 11.6 Å². The van der Waals surface area contributed by atoms with Crippen LogP contribution in [0.3, 0.4) is 0 Å². The first-order valence-corrected chi connectivity index (χ1v) is 10.6. The number of benzene rings is 1. The smallest absolute Gasteiger partial charge is 0.355 e. The Kier molecular flexibility index (Phi) is 5.14. The summed E-state index contributed by atoms with van der Waals surface area (Å²) < 4.78 is 64.8. The average molecular weight is 412 g/mol. The van der Waals surface area contributed by atoms with Crippen molar-refractivity contribution in [3.8, 4) is 11.8 Å². The minimum atomic E-state index is -4.78. The highest BCUT2D eigenvalue weighted by Gasteiger charge is 2.41. The van der Waals surface area contributed by atoms with Gasteiger partial charge < -0.3 is 4.90 Å². The highest BCUT2D eigenvalue weighted by Crippen LogP contribution is 2.38. The fourth-order valence-electron chi connectivity index (χ4n) is 3.40. The number of aromatic nitrogens is 2. The van der Waals surface area contributed by atoms with Gasteiger partial charge in [-0.15, -0.1) is 0 Å². The first kappa shape index (κ1) is 20.2. The first-order chi connectivity index (χ1) is 13.0. The molecule has 150 valence electrons. The van der Waals surface area contributed by atoms with E-state index in [-0.39, 0.29) is 22.3 Å². The molecule has 0 amide bonds. The van der Waals surface area contributed by atoms with E-state index in [1.54, 1.807) is 11.0 Å². The molecule has 0 N–H and O–H groups in total. The average Bonchev–Trinajstić information content (AvgIpc) is 3.01. The highest BCUT2D eigenvalue weighted by atomic mass is 32.2. The van der Waals surface area contributed by atoms with Gasteiger partial charge in [0, 0.05) is 19.3 Å². The fourth-order valence-corrected chi connectivity index (χ4v) is 4.03. The number of piperidine rings is 1. The zero-order valence-electron chi connectivity index (χ0n) is 15.4. The van der Waals surface area contributed by atoms with Crippen molar-refractivity contribution in [2.75, 3.05) is 24.2 Å². The number of hydrogen-bond acceptors (Lipinski definition) is 5. The summed E-state index contributed by atoms with van der Waals surface area (Å²) in [6.45, 7) is 3.03. The van der Waals surface area contributed by atoms with E-state index < -0.39 is 27.3 Å². The monoisotopic (exact) mass is 412 g/mol. The van der Waals surface area contributed by atoms with Crippen molar-refractivity contribution in [3.63, 3.8) is 0 Å². The van der Waals surface area contributed by atoms with Gasteiger partial charge in [-0.25, -0.2) is 13.1 Å². The third kappa shape index (κ3) is 3.85. The summed E-state index contributed by atoms with van der Waals surface area (Å²) in [5, 5.41) is 13.2. The largest absolute Gasteiger partial charge is 0.436 e. The van der Waals surface area contributed by atoms with Crippen molar-refractivity contribution in [3.05, 3.63) is 35.5 Å². The predicted octanol–water partition coefficient (Wildman–Crippen LogP) is 3.40. The van der Waals surface area contributed by atoms with Crippen LogP contribution in [0, 0.1) is 17.2 Å². The maximum atomic E-state index is 13.5. The standard InChI is InChI=1S/C18H19F3N4O2S/c1-12-4-3-9-24(11-12)17-15(10-22)16(18(19,20)21)23-25(17)13-5-7-14(8-6-13)28(2,26)27/h5-8,12H,3-4,9,11H2,1-2H3. The van der Waals surface area contributed by atoms with Crippen LogP contribution in [-0.2, 0) is 16.0 Å². The van der Waals surface area contributed by atoms with Crippen LogP contribution in [0.1, 0.15) is 31.0 Å². The second-order valence-electron chi connectivity index (χ2n) is 7.03. The van der Waals surface area contributed by atoms with E-state index >= 15 is 0 Å². The molecule has 0 saturated carbocycles. The Morgan fingerprint density at radius 1 is 1.25 bits per heavy atom. The Labute approximate surface area is 161 Å². The van der Waals surface area contributed by atoms with Crippen LogP contribution in [0.15, 0.2) is 29.2 Å². The predicted molar refractivity (Wildman–Crippen MR) is 97.0 cm³/mol. The molecule has 2 aromatic rings. The van der Waals surface area contributed by atoms with Crippen LogP contribution < -0.4 is 4.90 Å². The van der Waals surface area contributed by atoms with E-state index in [2.05, 4.69) is 5.10 Å². The number of anilines is 1. The lowest BCUT2D eigenvalue weighted by Gasteiger charge is -2.33. The molecule has 0 radical (unpaired) electrons. The Morgan fingerprint density at radius 3 is 2.39 bits per heavy atom. The Morgan fingerprint density at radius 2 is 1.89 bits per heavy atom. The molecular weight excluding hydrogens is 393 g/mol. The number of alkyl halides is 3. The molecule has 2 heterocycles. The molecule has 6 nitrogen and oxygen atoms in total. The van der Waals surface area contributed by atoms with Crippen LogP contribution in [0.4, 0.5) is 19.0 Å². The molecule has 1 unspecified atom stereocenters. The third-order valence-corrected chi connectivity index (χ3v) is 5.84. The quantitative estimate of drug-likeness (QED) is 0.772. The van der Waals surface area contributed by atoms with Gasteiger partial charge in [0.25, 0.3) is 0 Å². The molecule has 1 aromatic heterocycles. The van der Waals surface area contributed by atoms with Crippen LogP contribution in [0.2, 0.25) is 0 Å². The van der Waals surface area contributed by atoms with E-state index in [9.17, 15) is 26.9 Å². The number of hydrogen-bond donors (Lipinski definition) is 0. The van der Waals surface area contributed by atoms with E-state index in [1.165, 1.54) is 24.3 Å². The van der Waals surface area contributed by atoms with E-state index in [0.717, 1.165) is 23.8 Å². The molecule has 0 bridgehead atoms. The minimum absolute atomic E-state index is 0.0492. The van der Waals surface area contributed by atoms with Crippen molar-refractivity contribution < 1.29 is 21.6 Å². The van der Waals surface area contributed by atoms with Crippen molar-refractivity contribution in [2.45, 2.75) is 30.8 Å². The second-order valence-corrected chi connectivity index (χ2v) is 9.04. The SMILES string of the molecule is CC1CCCN(c2c(C#N)c(C(F)(F)F)nn2-c2ccc(S(C)(=O)=O)cc2)C1. The molecule has 0 spiro atoms. The summed E-state index contributed by atoms with van der Waals surface area (Å²) in [5.74, 6) is 0.360. The normalized spacial score (nSPS) is 18.1. The highest BCUT2D eigenvalue weighted by molar-refractivity contribution is 7.90. The van der Waals surface area contributed by atoms with Gasteiger partial charge in [-0.3, -0.25) is 0 Å². The number of halogens is 3. The Balaban J connectivity index is 2.19. The zero-order chi connectivity index (χ0) is 20.7. The summed E-state index contributed by atoms with van der Waals surface area (Å²) in [4.78, 5) is 1.80. The summed E-state index contributed by atoms with van der Waals surface area (Å²) in [7, 11) is -3.44. The van der Waals surface area contributed by atoms with Crippen LogP contribution in [0.5, 0.6) is 0 Å². The van der Waals surface area contributed by atoms with Gasteiger partial charge >= 0.3 is 6.18 Å². The number of rotatable bonds is 3. The molecule has 0 aliphatic carbocycles. The number of nitriles is 1. The number of nitrogens with zero attached hydrogens (tertiary/aromatic N) is 4. The van der Waals surface area contributed by atoms with Crippen molar-refractivity contribution in [1.82, 2.24) is 9.78 Å². The van der Waals surface area contributed by atoms with Gasteiger partial charge in [-0.05, 0) is 43.0 Å². The molecule has 10 heteroatoms. The molecule has 1 atom stereocenters. The van der Waals surface area contributed by atoms with Crippen LogP contribution in [0.25, 0.3) is 5.69 Å². The Bertz CT molecular complexity index is 1020. The van der Waals surface area contributed by atoms with Crippen LogP contribution >= 0.6 is 0 Å².